The van der Waals surface area contributed by atoms with Crippen LogP contribution in [0, 0.1) is 24.7 Å². The van der Waals surface area contributed by atoms with Gasteiger partial charge >= 0.3 is 0 Å². The first-order chi connectivity index (χ1) is 12.5. The van der Waals surface area contributed by atoms with Crippen molar-refractivity contribution < 1.29 is 4.79 Å². The molecule has 4 rings (SSSR count). The maximum atomic E-state index is 13.0. The molecule has 26 heavy (non-hydrogen) atoms. The van der Waals surface area contributed by atoms with Gasteiger partial charge in [-0.3, -0.25) is 4.79 Å². The molecule has 1 aromatic rings. The molecule has 1 aromatic heterocycles. The van der Waals surface area contributed by atoms with Crippen LogP contribution < -0.4 is 11.1 Å². The molecule has 1 saturated heterocycles. The lowest BCUT2D eigenvalue weighted by molar-refractivity contribution is -0.122. The maximum absolute atomic E-state index is 13.0. The Morgan fingerprint density at radius 1 is 1.19 bits per heavy atom. The van der Waals surface area contributed by atoms with Crippen LogP contribution in [0.1, 0.15) is 56.7 Å². The number of anilines is 1. The van der Waals surface area contributed by atoms with Gasteiger partial charge in [0.15, 0.2) is 0 Å². The number of rotatable bonds is 3. The van der Waals surface area contributed by atoms with E-state index < -0.39 is 0 Å². The lowest BCUT2D eigenvalue weighted by Crippen LogP contribution is -2.48. The first-order valence-electron chi connectivity index (χ1n) is 10.3. The van der Waals surface area contributed by atoms with Gasteiger partial charge in [-0.2, -0.15) is 5.10 Å². The van der Waals surface area contributed by atoms with Crippen molar-refractivity contribution in [1.82, 2.24) is 14.7 Å². The fourth-order valence-electron chi connectivity index (χ4n) is 5.36. The number of piperidine rings is 1. The highest BCUT2D eigenvalue weighted by Crippen LogP contribution is 2.42. The average Bonchev–Trinajstić information content (AvgIpc) is 2.95. The van der Waals surface area contributed by atoms with Crippen LogP contribution in [0.15, 0.2) is 6.07 Å². The molecular formula is C20H33N5O. The van der Waals surface area contributed by atoms with E-state index in [-0.39, 0.29) is 11.8 Å². The Kier molecular flexibility index (Phi) is 5.06. The molecule has 2 aliphatic carbocycles. The number of aryl methyl sites for hydroxylation is 1. The van der Waals surface area contributed by atoms with Crippen molar-refractivity contribution >= 4 is 11.7 Å². The number of fused-ring (bicyclic) bond motifs is 2. The quantitative estimate of drug-likeness (QED) is 0.870. The largest absolute Gasteiger partial charge is 0.327 e. The monoisotopic (exact) mass is 359 g/mol. The molecule has 6 heteroatoms. The Balaban J connectivity index is 1.45. The highest BCUT2D eigenvalue weighted by molar-refractivity contribution is 5.92. The number of amides is 1. The number of hydrogen-bond donors (Lipinski definition) is 2. The lowest BCUT2D eigenvalue weighted by Gasteiger charge is -2.43. The minimum Gasteiger partial charge on any atom is -0.327 e. The number of carbonyl (C=O) groups is 1. The van der Waals surface area contributed by atoms with Crippen LogP contribution in [-0.2, 0) is 4.79 Å². The second-order valence-electron chi connectivity index (χ2n) is 8.84. The molecular weight excluding hydrogens is 326 g/mol. The van der Waals surface area contributed by atoms with Crippen LogP contribution in [0.25, 0.3) is 0 Å². The third kappa shape index (κ3) is 3.54. The number of carbonyl (C=O) groups excluding carboxylic acids is 1. The average molecular weight is 360 g/mol. The Morgan fingerprint density at radius 3 is 2.50 bits per heavy atom. The van der Waals surface area contributed by atoms with Crippen molar-refractivity contribution in [3.8, 4) is 0 Å². The summed E-state index contributed by atoms with van der Waals surface area (Å²) in [4.78, 5) is 15.4. The number of likely N-dealkylation sites (tertiary alicyclic amines) is 1. The Labute approximate surface area is 156 Å². The Bertz CT molecular complexity index is 635. The molecule has 1 aliphatic heterocycles. The Morgan fingerprint density at radius 2 is 1.85 bits per heavy atom. The third-order valence-corrected chi connectivity index (χ3v) is 6.93. The van der Waals surface area contributed by atoms with Gasteiger partial charge in [-0.15, -0.1) is 0 Å². The smallest absolute Gasteiger partial charge is 0.228 e. The summed E-state index contributed by atoms with van der Waals surface area (Å²) < 4.78 is 2.07. The third-order valence-electron chi connectivity index (χ3n) is 6.93. The molecule has 0 spiro atoms. The molecule has 2 atom stereocenters. The summed E-state index contributed by atoms with van der Waals surface area (Å²) in [7, 11) is 2.16. The minimum atomic E-state index is 0.103. The zero-order valence-corrected chi connectivity index (χ0v) is 16.2. The highest BCUT2D eigenvalue weighted by Gasteiger charge is 2.40. The molecule has 0 aromatic carbocycles. The van der Waals surface area contributed by atoms with Gasteiger partial charge < -0.3 is 16.0 Å². The van der Waals surface area contributed by atoms with Crippen LogP contribution in [0.2, 0.25) is 0 Å². The molecule has 2 heterocycles. The standard InChI is InChI=1S/C20H33N5O/c1-13-10-18(25(23-13)17-6-8-24(2)9-7-17)22-20(26)16-11-14-4-3-5-15(12-16)19(14)21/h10,14-17,19H,3-9,11-12,21H2,1-2H3,(H,22,26). The summed E-state index contributed by atoms with van der Waals surface area (Å²) in [5, 5.41) is 7.91. The maximum Gasteiger partial charge on any atom is 0.228 e. The number of nitrogens with zero attached hydrogens (tertiary/aromatic N) is 3. The summed E-state index contributed by atoms with van der Waals surface area (Å²) in [5.74, 6) is 2.20. The summed E-state index contributed by atoms with van der Waals surface area (Å²) in [6.07, 6.45) is 7.73. The zero-order valence-electron chi connectivity index (χ0n) is 16.2. The van der Waals surface area contributed by atoms with Gasteiger partial charge in [-0.05, 0) is 77.4 Å². The second-order valence-corrected chi connectivity index (χ2v) is 8.84. The second kappa shape index (κ2) is 7.31. The van der Waals surface area contributed by atoms with Crippen LogP contribution in [0.4, 0.5) is 5.82 Å². The van der Waals surface area contributed by atoms with E-state index in [0.29, 0.717) is 23.9 Å². The molecule has 1 amide bonds. The first kappa shape index (κ1) is 18.0. The predicted molar refractivity (Wildman–Crippen MR) is 103 cm³/mol. The molecule has 2 saturated carbocycles. The topological polar surface area (TPSA) is 76.2 Å². The fourth-order valence-corrected chi connectivity index (χ4v) is 5.36. The Hall–Kier alpha value is -1.40. The van der Waals surface area contributed by atoms with Crippen molar-refractivity contribution in [2.24, 2.45) is 23.5 Å². The van der Waals surface area contributed by atoms with Crippen molar-refractivity contribution in [3.63, 3.8) is 0 Å². The molecule has 144 valence electrons. The van der Waals surface area contributed by atoms with Gasteiger partial charge in [0.1, 0.15) is 5.82 Å². The summed E-state index contributed by atoms with van der Waals surface area (Å²) in [6.45, 7) is 4.17. The van der Waals surface area contributed by atoms with Gasteiger partial charge in [-0.1, -0.05) is 6.42 Å². The van der Waals surface area contributed by atoms with Gasteiger partial charge in [-0.25, -0.2) is 4.68 Å². The molecule has 3 N–H and O–H groups in total. The van der Waals surface area contributed by atoms with Crippen LogP contribution in [-0.4, -0.2) is 46.8 Å². The molecule has 6 nitrogen and oxygen atoms in total. The van der Waals surface area contributed by atoms with Gasteiger partial charge in [0, 0.05) is 18.0 Å². The van der Waals surface area contributed by atoms with E-state index in [2.05, 4.69) is 21.9 Å². The zero-order chi connectivity index (χ0) is 18.3. The fraction of sp³-hybridized carbons (Fsp3) is 0.800. The number of aromatic nitrogens is 2. The molecule has 2 unspecified atom stereocenters. The summed E-state index contributed by atoms with van der Waals surface area (Å²) in [5.41, 5.74) is 7.36. The molecule has 0 radical (unpaired) electrons. The molecule has 3 aliphatic rings. The number of nitrogens with two attached hydrogens (primary N) is 1. The van der Waals surface area contributed by atoms with Crippen molar-refractivity contribution in [1.29, 1.82) is 0 Å². The van der Waals surface area contributed by atoms with E-state index in [0.717, 1.165) is 50.3 Å². The number of hydrogen-bond acceptors (Lipinski definition) is 4. The molecule has 3 fully saturated rings. The van der Waals surface area contributed by atoms with E-state index in [1.165, 1.54) is 19.3 Å². The van der Waals surface area contributed by atoms with Gasteiger partial charge in [0.05, 0.1) is 11.7 Å². The minimum absolute atomic E-state index is 0.103. The van der Waals surface area contributed by atoms with E-state index in [1.807, 2.05) is 13.0 Å². The van der Waals surface area contributed by atoms with Crippen molar-refractivity contribution in [3.05, 3.63) is 11.8 Å². The SMILES string of the molecule is Cc1cc(NC(=O)C2CC3CCCC(C2)C3N)n(C2CCN(C)CC2)n1. The number of nitrogens with one attached hydrogen (secondary N) is 1. The van der Waals surface area contributed by atoms with E-state index >= 15 is 0 Å². The normalized spacial score (nSPS) is 33.2. The highest BCUT2D eigenvalue weighted by atomic mass is 16.2. The van der Waals surface area contributed by atoms with E-state index in [1.54, 1.807) is 0 Å². The van der Waals surface area contributed by atoms with Crippen LogP contribution >= 0.6 is 0 Å². The van der Waals surface area contributed by atoms with E-state index in [4.69, 9.17) is 10.8 Å². The first-order valence-corrected chi connectivity index (χ1v) is 10.3. The van der Waals surface area contributed by atoms with E-state index in [9.17, 15) is 4.79 Å². The van der Waals surface area contributed by atoms with Crippen molar-refractivity contribution in [2.75, 3.05) is 25.5 Å². The van der Waals surface area contributed by atoms with Crippen molar-refractivity contribution in [2.45, 2.75) is 64.0 Å². The lowest BCUT2D eigenvalue weighted by atomic mass is 9.65. The van der Waals surface area contributed by atoms with Gasteiger partial charge in [0.2, 0.25) is 5.91 Å². The van der Waals surface area contributed by atoms with Crippen LogP contribution in [0.3, 0.4) is 0 Å². The van der Waals surface area contributed by atoms with Crippen LogP contribution in [0.5, 0.6) is 0 Å². The summed E-state index contributed by atoms with van der Waals surface area (Å²) >= 11 is 0. The predicted octanol–water partition coefficient (Wildman–Crippen LogP) is 2.55. The summed E-state index contributed by atoms with van der Waals surface area (Å²) in [6, 6.07) is 2.71. The van der Waals surface area contributed by atoms with Gasteiger partial charge in [0.25, 0.3) is 0 Å². The molecule has 2 bridgehead atoms.